The van der Waals surface area contributed by atoms with Crippen molar-refractivity contribution in [1.82, 2.24) is 9.80 Å². The van der Waals surface area contributed by atoms with E-state index in [1.54, 1.807) is 29.2 Å². The molecule has 1 fully saturated rings. The number of amides is 3. The van der Waals surface area contributed by atoms with Gasteiger partial charge in [0.05, 0.1) is 17.7 Å². The van der Waals surface area contributed by atoms with Crippen molar-refractivity contribution in [3.8, 4) is 0 Å². The number of hydrogen-bond donors (Lipinski definition) is 0. The summed E-state index contributed by atoms with van der Waals surface area (Å²) in [5, 5.41) is 0. The van der Waals surface area contributed by atoms with Gasteiger partial charge < -0.3 is 4.90 Å². The highest BCUT2D eigenvalue weighted by atomic mass is 16.2. The van der Waals surface area contributed by atoms with Crippen LogP contribution in [0.1, 0.15) is 41.5 Å². The molecule has 0 aromatic heterocycles. The second-order valence-corrected chi connectivity index (χ2v) is 6.16. The van der Waals surface area contributed by atoms with Gasteiger partial charge in [0.1, 0.15) is 6.04 Å². The molecule has 1 aromatic carbocycles. The Balaban J connectivity index is 1.87. The summed E-state index contributed by atoms with van der Waals surface area (Å²) < 4.78 is 0. The van der Waals surface area contributed by atoms with Crippen molar-refractivity contribution in [3.63, 3.8) is 0 Å². The highest BCUT2D eigenvalue weighted by Crippen LogP contribution is 2.31. The van der Waals surface area contributed by atoms with Crippen LogP contribution in [-0.4, -0.2) is 45.6 Å². The Morgan fingerprint density at radius 2 is 1.50 bits per heavy atom. The first kappa shape index (κ1) is 12.8. The lowest BCUT2D eigenvalue weighted by Crippen LogP contribution is -2.69. The van der Waals surface area contributed by atoms with Crippen LogP contribution >= 0.6 is 0 Å². The number of hydrogen-bond acceptors (Lipinski definition) is 3. The average Bonchev–Trinajstić information content (AvgIpc) is 2.61. The molecule has 1 saturated heterocycles. The zero-order chi connectivity index (χ0) is 14.7. The first-order chi connectivity index (χ1) is 9.32. The van der Waals surface area contributed by atoms with Gasteiger partial charge in [-0.15, -0.1) is 0 Å². The molecule has 2 aliphatic rings. The molecule has 3 amide bonds. The number of carbonyl (C=O) groups is 3. The van der Waals surface area contributed by atoms with E-state index < -0.39 is 6.04 Å². The van der Waals surface area contributed by atoms with Gasteiger partial charge in [0.2, 0.25) is 5.91 Å². The second kappa shape index (κ2) is 3.91. The number of rotatable bonds is 1. The lowest BCUT2D eigenvalue weighted by atomic mass is 9.95. The van der Waals surface area contributed by atoms with Crippen molar-refractivity contribution >= 4 is 17.7 Å². The molecule has 0 radical (unpaired) electrons. The number of fused-ring (bicyclic) bond motifs is 1. The van der Waals surface area contributed by atoms with E-state index in [0.717, 1.165) is 4.90 Å². The van der Waals surface area contributed by atoms with Crippen molar-refractivity contribution in [2.24, 2.45) is 0 Å². The topological polar surface area (TPSA) is 57.7 Å². The predicted molar refractivity (Wildman–Crippen MR) is 72.2 cm³/mol. The lowest BCUT2D eigenvalue weighted by molar-refractivity contribution is -0.154. The fourth-order valence-corrected chi connectivity index (χ4v) is 2.70. The number of likely N-dealkylation sites (tertiary alicyclic amines) is 1. The van der Waals surface area contributed by atoms with Crippen LogP contribution in [0.5, 0.6) is 0 Å². The average molecular weight is 272 g/mol. The Hall–Kier alpha value is -2.17. The van der Waals surface area contributed by atoms with Gasteiger partial charge in [0.25, 0.3) is 11.8 Å². The predicted octanol–water partition coefficient (Wildman–Crippen LogP) is 1.29. The molecule has 2 aliphatic heterocycles. The van der Waals surface area contributed by atoms with E-state index in [-0.39, 0.29) is 23.3 Å². The Bertz CT molecular complexity index is 595. The lowest BCUT2D eigenvalue weighted by Gasteiger charge is -2.48. The fraction of sp³-hybridized carbons (Fsp3) is 0.400. The molecule has 2 heterocycles. The summed E-state index contributed by atoms with van der Waals surface area (Å²) >= 11 is 0. The van der Waals surface area contributed by atoms with E-state index in [1.807, 2.05) is 20.8 Å². The van der Waals surface area contributed by atoms with Crippen molar-refractivity contribution in [2.75, 3.05) is 6.54 Å². The van der Waals surface area contributed by atoms with Crippen LogP contribution in [0.4, 0.5) is 0 Å². The summed E-state index contributed by atoms with van der Waals surface area (Å²) in [4.78, 5) is 39.6. The van der Waals surface area contributed by atoms with Gasteiger partial charge in [-0.25, -0.2) is 0 Å². The zero-order valence-electron chi connectivity index (χ0n) is 11.7. The minimum absolute atomic E-state index is 0.160. The number of imide groups is 1. The number of benzene rings is 1. The summed E-state index contributed by atoms with van der Waals surface area (Å²) in [5.41, 5.74) is 0.491. The molecule has 0 saturated carbocycles. The molecule has 5 heteroatoms. The number of β-lactam (4-membered cyclic amide) rings is 1. The second-order valence-electron chi connectivity index (χ2n) is 6.16. The molecule has 5 nitrogen and oxygen atoms in total. The molecule has 0 aliphatic carbocycles. The van der Waals surface area contributed by atoms with Gasteiger partial charge in [0, 0.05) is 5.54 Å². The summed E-state index contributed by atoms with van der Waals surface area (Å²) in [7, 11) is 0. The first-order valence-corrected chi connectivity index (χ1v) is 6.61. The van der Waals surface area contributed by atoms with E-state index in [4.69, 9.17) is 0 Å². The summed E-state index contributed by atoms with van der Waals surface area (Å²) in [5.74, 6) is -0.887. The third-order valence-corrected chi connectivity index (χ3v) is 3.85. The normalized spacial score (nSPS) is 22.1. The van der Waals surface area contributed by atoms with Crippen molar-refractivity contribution in [3.05, 3.63) is 35.4 Å². The SMILES string of the molecule is CC(C)(C)N1CC(N2C(=O)c3ccccc3C2=O)C1=O. The third-order valence-electron chi connectivity index (χ3n) is 3.85. The number of nitrogens with zero attached hydrogens (tertiary/aromatic N) is 2. The van der Waals surface area contributed by atoms with E-state index in [0.29, 0.717) is 17.7 Å². The van der Waals surface area contributed by atoms with Gasteiger partial charge in [-0.3, -0.25) is 19.3 Å². The van der Waals surface area contributed by atoms with E-state index in [1.165, 1.54) is 0 Å². The first-order valence-electron chi connectivity index (χ1n) is 6.61. The van der Waals surface area contributed by atoms with Crippen LogP contribution in [0.25, 0.3) is 0 Å². The molecule has 20 heavy (non-hydrogen) atoms. The molecular weight excluding hydrogens is 256 g/mol. The van der Waals surface area contributed by atoms with Gasteiger partial charge in [-0.2, -0.15) is 0 Å². The molecule has 0 spiro atoms. The van der Waals surface area contributed by atoms with E-state index in [2.05, 4.69) is 0 Å². The highest BCUT2D eigenvalue weighted by molar-refractivity contribution is 6.23. The molecular formula is C15H16N2O3. The van der Waals surface area contributed by atoms with Crippen molar-refractivity contribution in [1.29, 1.82) is 0 Å². The molecule has 1 unspecified atom stereocenters. The molecule has 0 N–H and O–H groups in total. The third kappa shape index (κ3) is 1.59. The van der Waals surface area contributed by atoms with Crippen molar-refractivity contribution < 1.29 is 14.4 Å². The summed E-state index contributed by atoms with van der Waals surface area (Å²) in [6.07, 6.45) is 0. The molecule has 104 valence electrons. The Labute approximate surface area is 117 Å². The maximum Gasteiger partial charge on any atom is 0.262 e. The van der Waals surface area contributed by atoms with Gasteiger partial charge in [-0.05, 0) is 32.9 Å². The molecule has 0 bridgehead atoms. The van der Waals surface area contributed by atoms with Crippen LogP contribution in [0.3, 0.4) is 0 Å². The highest BCUT2D eigenvalue weighted by Gasteiger charge is 2.52. The molecule has 1 atom stereocenters. The van der Waals surface area contributed by atoms with Gasteiger partial charge >= 0.3 is 0 Å². The monoisotopic (exact) mass is 272 g/mol. The molecule has 1 aromatic rings. The molecule has 3 rings (SSSR count). The van der Waals surface area contributed by atoms with Crippen molar-refractivity contribution in [2.45, 2.75) is 32.4 Å². The van der Waals surface area contributed by atoms with Crippen LogP contribution in [0, 0.1) is 0 Å². The van der Waals surface area contributed by atoms with E-state index in [9.17, 15) is 14.4 Å². The largest absolute Gasteiger partial charge is 0.333 e. The summed E-state index contributed by atoms with van der Waals surface area (Å²) in [6, 6.07) is 6.04. The Morgan fingerprint density at radius 3 is 1.90 bits per heavy atom. The summed E-state index contributed by atoms with van der Waals surface area (Å²) in [6.45, 7) is 6.21. The quantitative estimate of drug-likeness (QED) is 0.572. The van der Waals surface area contributed by atoms with Gasteiger partial charge in [0.15, 0.2) is 0 Å². The number of carbonyl (C=O) groups excluding carboxylic acids is 3. The maximum absolute atomic E-state index is 12.3. The van der Waals surface area contributed by atoms with Gasteiger partial charge in [-0.1, -0.05) is 12.1 Å². The van der Waals surface area contributed by atoms with Crippen LogP contribution < -0.4 is 0 Å². The van der Waals surface area contributed by atoms with Crippen LogP contribution in [0.15, 0.2) is 24.3 Å². The minimum Gasteiger partial charge on any atom is -0.333 e. The Morgan fingerprint density at radius 1 is 1.00 bits per heavy atom. The van der Waals surface area contributed by atoms with Crippen LogP contribution in [0.2, 0.25) is 0 Å². The van der Waals surface area contributed by atoms with E-state index >= 15 is 0 Å². The zero-order valence-corrected chi connectivity index (χ0v) is 11.7. The Kier molecular flexibility index (Phi) is 2.51. The minimum atomic E-state index is -0.651. The fourth-order valence-electron chi connectivity index (χ4n) is 2.70. The van der Waals surface area contributed by atoms with Crippen LogP contribution in [-0.2, 0) is 4.79 Å². The maximum atomic E-state index is 12.3. The smallest absolute Gasteiger partial charge is 0.262 e. The standard InChI is InChI=1S/C15H16N2O3/c1-15(2,3)16-8-11(14(16)20)17-12(18)9-6-4-5-7-10(9)13(17)19/h4-7,11H,8H2,1-3H3.